The minimum Gasteiger partial charge on any atom is -0.395 e. The van der Waals surface area contributed by atoms with Crippen LogP contribution in [0.3, 0.4) is 0 Å². The molecule has 0 aliphatic carbocycles. The van der Waals surface area contributed by atoms with E-state index < -0.39 is 12.1 Å². The summed E-state index contributed by atoms with van der Waals surface area (Å²) in [5.74, 6) is -0.291. The third kappa shape index (κ3) is 10.1. The van der Waals surface area contributed by atoms with E-state index in [2.05, 4.69) is 10.6 Å². The third-order valence-corrected chi connectivity index (χ3v) is 4.04. The molecular weight excluding hydrogens is 334 g/mol. The Morgan fingerprint density at radius 1 is 1.00 bits per heavy atom. The summed E-state index contributed by atoms with van der Waals surface area (Å²) >= 11 is 0. The van der Waals surface area contributed by atoms with Gasteiger partial charge in [0, 0.05) is 25.6 Å². The van der Waals surface area contributed by atoms with Crippen LogP contribution in [-0.4, -0.2) is 53.9 Å². The molecule has 0 bridgehead atoms. The van der Waals surface area contributed by atoms with Gasteiger partial charge in [-0.15, -0.1) is 0 Å². The summed E-state index contributed by atoms with van der Waals surface area (Å²) in [4.78, 5) is 23.2. The molecule has 6 N–H and O–H groups in total. The maximum atomic E-state index is 11.9. The molecule has 0 heterocycles. The first-order valence-corrected chi connectivity index (χ1v) is 9.14. The van der Waals surface area contributed by atoms with E-state index in [1.165, 1.54) is 0 Å². The first-order chi connectivity index (χ1) is 12.5. The summed E-state index contributed by atoms with van der Waals surface area (Å²) in [6.07, 6.45) is 2.36. The molecule has 2 atom stereocenters. The fourth-order valence-electron chi connectivity index (χ4n) is 2.53. The van der Waals surface area contributed by atoms with Crippen LogP contribution < -0.4 is 16.4 Å². The van der Waals surface area contributed by atoms with Gasteiger partial charge in [-0.25, -0.2) is 0 Å². The number of rotatable bonds is 13. The molecule has 1 rings (SSSR count). The minimum atomic E-state index is -0.884. The second-order valence-corrected chi connectivity index (χ2v) is 6.36. The summed E-state index contributed by atoms with van der Waals surface area (Å²) < 4.78 is 0. The van der Waals surface area contributed by atoms with Crippen LogP contribution in [0.15, 0.2) is 30.3 Å². The van der Waals surface area contributed by atoms with Crippen molar-refractivity contribution in [1.29, 1.82) is 0 Å². The van der Waals surface area contributed by atoms with Crippen molar-refractivity contribution in [2.75, 3.05) is 19.7 Å². The van der Waals surface area contributed by atoms with Crippen molar-refractivity contribution in [3.8, 4) is 0 Å². The molecule has 2 amide bonds. The molecule has 0 fully saturated rings. The highest BCUT2D eigenvalue weighted by atomic mass is 16.3. The van der Waals surface area contributed by atoms with Crippen LogP contribution in [-0.2, 0) is 16.0 Å². The minimum absolute atomic E-state index is 0.0163. The summed E-state index contributed by atoms with van der Waals surface area (Å²) in [5.41, 5.74) is 7.00. The molecule has 0 saturated carbocycles. The number of hydrogen-bond donors (Lipinski definition) is 5. The number of hydrogen-bond acceptors (Lipinski definition) is 5. The Morgan fingerprint density at radius 3 is 2.38 bits per heavy atom. The maximum Gasteiger partial charge on any atom is 0.222 e. The number of carbonyl (C=O) groups excluding carboxylic acids is 2. The van der Waals surface area contributed by atoms with Crippen LogP contribution in [0.4, 0.5) is 0 Å². The van der Waals surface area contributed by atoms with Crippen molar-refractivity contribution in [1.82, 2.24) is 10.6 Å². The van der Waals surface area contributed by atoms with Crippen LogP contribution in [0.2, 0.25) is 0 Å². The third-order valence-electron chi connectivity index (χ3n) is 4.04. The highest BCUT2D eigenvalue weighted by Gasteiger charge is 2.18. The van der Waals surface area contributed by atoms with Crippen molar-refractivity contribution < 1.29 is 19.8 Å². The predicted octanol–water partition coefficient (Wildman–Crippen LogP) is 0.0925. The molecule has 0 aliphatic rings. The van der Waals surface area contributed by atoms with Crippen LogP contribution in [0.5, 0.6) is 0 Å². The smallest absolute Gasteiger partial charge is 0.222 e. The number of aliphatic hydroxyl groups excluding tert-OH is 2. The number of unbranched alkanes of at least 4 members (excludes halogenated alkanes) is 2. The zero-order chi connectivity index (χ0) is 19.2. The Kier molecular flexibility index (Phi) is 11.3. The standard InChI is InChI=1S/C19H31N3O4/c20-16(13-15-7-3-1-4-8-15)17(24)14-19(26)21-10-6-2-5-9-18(25)22-11-12-23/h1,3-4,7-8,16-17,23-24H,2,5-6,9-14,20H2,(H,21,26)(H,22,25)/t16-,17+/m1/s1. The van der Waals surface area contributed by atoms with Crippen molar-refractivity contribution in [2.45, 2.75) is 50.7 Å². The van der Waals surface area contributed by atoms with Gasteiger partial charge in [0.15, 0.2) is 0 Å². The SMILES string of the molecule is N[C@H](Cc1ccccc1)[C@@H](O)CC(=O)NCCCCCC(=O)NCCO. The van der Waals surface area contributed by atoms with Crippen molar-refractivity contribution >= 4 is 11.8 Å². The van der Waals surface area contributed by atoms with Crippen LogP contribution in [0, 0.1) is 0 Å². The van der Waals surface area contributed by atoms with Gasteiger partial charge in [-0.3, -0.25) is 9.59 Å². The summed E-state index contributed by atoms with van der Waals surface area (Å²) in [6, 6.07) is 9.14. The van der Waals surface area contributed by atoms with E-state index in [9.17, 15) is 14.7 Å². The second-order valence-electron chi connectivity index (χ2n) is 6.36. The lowest BCUT2D eigenvalue weighted by Crippen LogP contribution is -2.40. The lowest BCUT2D eigenvalue weighted by molar-refractivity contribution is -0.123. The lowest BCUT2D eigenvalue weighted by Gasteiger charge is -2.18. The molecule has 0 spiro atoms. The Morgan fingerprint density at radius 2 is 1.69 bits per heavy atom. The second kappa shape index (κ2) is 13.3. The lowest BCUT2D eigenvalue weighted by atomic mass is 10.00. The van der Waals surface area contributed by atoms with Crippen molar-refractivity contribution in [3.05, 3.63) is 35.9 Å². The van der Waals surface area contributed by atoms with Gasteiger partial charge in [0.05, 0.1) is 19.1 Å². The van der Waals surface area contributed by atoms with Gasteiger partial charge >= 0.3 is 0 Å². The molecule has 146 valence electrons. The van der Waals surface area contributed by atoms with E-state index in [0.29, 0.717) is 19.4 Å². The first-order valence-electron chi connectivity index (χ1n) is 9.14. The number of nitrogens with two attached hydrogens (primary N) is 1. The molecule has 7 nitrogen and oxygen atoms in total. The van der Waals surface area contributed by atoms with E-state index in [-0.39, 0.29) is 31.4 Å². The molecule has 0 aliphatic heterocycles. The molecule has 7 heteroatoms. The highest BCUT2D eigenvalue weighted by molar-refractivity contribution is 5.76. The zero-order valence-electron chi connectivity index (χ0n) is 15.2. The Hall–Kier alpha value is -1.96. The number of nitrogens with one attached hydrogen (secondary N) is 2. The van der Waals surface area contributed by atoms with Gasteiger partial charge in [0.25, 0.3) is 0 Å². The normalized spacial score (nSPS) is 13.0. The van der Waals surface area contributed by atoms with Crippen molar-refractivity contribution in [3.63, 3.8) is 0 Å². The first kappa shape index (κ1) is 22.1. The Balaban J connectivity index is 2.09. The monoisotopic (exact) mass is 365 g/mol. The molecule has 1 aromatic carbocycles. The quantitative estimate of drug-likeness (QED) is 0.317. The van der Waals surface area contributed by atoms with Gasteiger partial charge in [-0.2, -0.15) is 0 Å². The van der Waals surface area contributed by atoms with Crippen LogP contribution in [0.1, 0.15) is 37.7 Å². The van der Waals surface area contributed by atoms with Gasteiger partial charge in [-0.05, 0) is 24.8 Å². The zero-order valence-corrected chi connectivity index (χ0v) is 15.2. The van der Waals surface area contributed by atoms with E-state index in [4.69, 9.17) is 10.8 Å². The van der Waals surface area contributed by atoms with E-state index >= 15 is 0 Å². The average Bonchev–Trinajstić information content (AvgIpc) is 2.63. The van der Waals surface area contributed by atoms with E-state index in [1.54, 1.807) is 0 Å². The number of amides is 2. The molecule has 0 saturated heterocycles. The van der Waals surface area contributed by atoms with Crippen LogP contribution in [0.25, 0.3) is 0 Å². The Labute approximate surface area is 155 Å². The van der Waals surface area contributed by atoms with Crippen LogP contribution >= 0.6 is 0 Å². The van der Waals surface area contributed by atoms with Gasteiger partial charge in [-0.1, -0.05) is 36.8 Å². The van der Waals surface area contributed by atoms with Gasteiger partial charge in [0.1, 0.15) is 0 Å². The average molecular weight is 365 g/mol. The summed E-state index contributed by atoms with van der Waals surface area (Å²) in [6.45, 7) is 0.736. The number of benzene rings is 1. The maximum absolute atomic E-state index is 11.9. The molecule has 26 heavy (non-hydrogen) atoms. The van der Waals surface area contributed by atoms with E-state index in [1.807, 2.05) is 30.3 Å². The molecule has 0 unspecified atom stereocenters. The van der Waals surface area contributed by atoms with Gasteiger partial charge in [0.2, 0.25) is 11.8 Å². The fraction of sp³-hybridized carbons (Fsp3) is 0.579. The topological polar surface area (TPSA) is 125 Å². The highest BCUT2D eigenvalue weighted by Crippen LogP contribution is 2.07. The number of carbonyl (C=O) groups is 2. The molecule has 1 aromatic rings. The number of aliphatic hydroxyl groups is 2. The largest absolute Gasteiger partial charge is 0.395 e. The predicted molar refractivity (Wildman–Crippen MR) is 100 cm³/mol. The van der Waals surface area contributed by atoms with Gasteiger partial charge < -0.3 is 26.6 Å². The van der Waals surface area contributed by atoms with E-state index in [0.717, 1.165) is 24.8 Å². The summed E-state index contributed by atoms with van der Waals surface area (Å²) in [5, 5.41) is 24.0. The molecule has 0 radical (unpaired) electrons. The van der Waals surface area contributed by atoms with Crippen molar-refractivity contribution in [2.24, 2.45) is 5.73 Å². The molecular formula is C19H31N3O4. The summed E-state index contributed by atoms with van der Waals surface area (Å²) in [7, 11) is 0. The Bertz CT molecular complexity index is 525. The fourth-order valence-corrected chi connectivity index (χ4v) is 2.53. The molecule has 0 aromatic heterocycles.